The van der Waals surface area contributed by atoms with Crippen LogP contribution in [0, 0.1) is 0 Å². The highest BCUT2D eigenvalue weighted by Crippen LogP contribution is 2.22. The number of aromatic nitrogens is 2. The van der Waals surface area contributed by atoms with Crippen molar-refractivity contribution in [2.75, 3.05) is 25.0 Å². The van der Waals surface area contributed by atoms with E-state index < -0.39 is 0 Å². The molecule has 5 heteroatoms. The van der Waals surface area contributed by atoms with Crippen molar-refractivity contribution in [3.8, 4) is 0 Å². The molecule has 0 bridgehead atoms. The first-order chi connectivity index (χ1) is 10.8. The van der Waals surface area contributed by atoms with E-state index >= 15 is 0 Å². The molecule has 0 radical (unpaired) electrons. The van der Waals surface area contributed by atoms with Gasteiger partial charge in [0.25, 0.3) is 0 Å². The second kappa shape index (κ2) is 6.66. The lowest BCUT2D eigenvalue weighted by Gasteiger charge is -2.28. The molecule has 1 aromatic carbocycles. The number of nitrogens with zero attached hydrogens (tertiary/aromatic N) is 2. The van der Waals surface area contributed by atoms with Crippen molar-refractivity contribution in [1.29, 1.82) is 0 Å². The number of H-pyrrole nitrogens is 1. The molecule has 3 rings (SSSR count). The minimum absolute atomic E-state index is 0.193. The third-order valence-corrected chi connectivity index (χ3v) is 3.98. The predicted molar refractivity (Wildman–Crippen MR) is 89.0 cm³/mol. The average molecular weight is 298 g/mol. The fraction of sp³-hybridized carbons (Fsp3) is 0.353. The Kier molecular flexibility index (Phi) is 4.44. The van der Waals surface area contributed by atoms with E-state index in [0.29, 0.717) is 0 Å². The molecular weight excluding hydrogens is 276 g/mol. The van der Waals surface area contributed by atoms with E-state index in [-0.39, 0.29) is 6.04 Å². The van der Waals surface area contributed by atoms with E-state index in [1.807, 2.05) is 36.4 Å². The van der Waals surface area contributed by atoms with E-state index in [9.17, 15) is 0 Å². The summed E-state index contributed by atoms with van der Waals surface area (Å²) in [6, 6.07) is 12.2. The summed E-state index contributed by atoms with van der Waals surface area (Å²) in [6.07, 6.45) is 1.73. The second-order valence-electron chi connectivity index (χ2n) is 5.24. The minimum atomic E-state index is 0.193. The van der Waals surface area contributed by atoms with Gasteiger partial charge in [-0.25, -0.2) is 4.98 Å². The van der Waals surface area contributed by atoms with Crippen molar-refractivity contribution in [2.24, 2.45) is 0 Å². The van der Waals surface area contributed by atoms with Crippen LogP contribution in [0.25, 0.3) is 11.0 Å². The molecule has 0 fully saturated rings. The number of para-hydroxylation sites is 2. The summed E-state index contributed by atoms with van der Waals surface area (Å²) in [5.41, 5.74) is 2.02. The lowest BCUT2D eigenvalue weighted by Crippen LogP contribution is -2.33. The predicted octanol–water partition coefficient (Wildman–Crippen LogP) is 3.65. The molecule has 2 N–H and O–H groups in total. The standard InChI is InChI=1S/C17H22N4O/c1-3-21(4-2)15(16-10-7-11-22-16)12-18-17-19-13-8-5-6-9-14(13)20-17/h5-11,15H,3-4,12H2,1-2H3,(H2,18,19,20). The molecule has 0 saturated carbocycles. The zero-order chi connectivity index (χ0) is 15.4. The topological polar surface area (TPSA) is 57.1 Å². The molecule has 0 aliphatic heterocycles. The Balaban J connectivity index is 1.75. The molecule has 0 spiro atoms. The van der Waals surface area contributed by atoms with Crippen LogP contribution in [-0.4, -0.2) is 34.5 Å². The number of benzene rings is 1. The number of hydrogen-bond donors (Lipinski definition) is 2. The summed E-state index contributed by atoms with van der Waals surface area (Å²) in [4.78, 5) is 10.2. The summed E-state index contributed by atoms with van der Waals surface area (Å²) in [5, 5.41) is 3.40. The first kappa shape index (κ1) is 14.7. The van der Waals surface area contributed by atoms with Crippen molar-refractivity contribution < 1.29 is 4.42 Å². The Hall–Kier alpha value is -2.27. The Labute approximate surface area is 130 Å². The summed E-state index contributed by atoms with van der Waals surface area (Å²) in [5.74, 6) is 1.78. The summed E-state index contributed by atoms with van der Waals surface area (Å²) < 4.78 is 5.62. The summed E-state index contributed by atoms with van der Waals surface area (Å²) >= 11 is 0. The Morgan fingerprint density at radius 2 is 2.00 bits per heavy atom. The monoisotopic (exact) mass is 298 g/mol. The number of fused-ring (bicyclic) bond motifs is 1. The second-order valence-corrected chi connectivity index (χ2v) is 5.24. The lowest BCUT2D eigenvalue weighted by atomic mass is 10.2. The molecule has 1 atom stereocenters. The number of likely N-dealkylation sites (N-methyl/N-ethyl adjacent to an activating group) is 1. The van der Waals surface area contributed by atoms with E-state index in [0.717, 1.165) is 42.4 Å². The Morgan fingerprint density at radius 3 is 2.68 bits per heavy atom. The van der Waals surface area contributed by atoms with Crippen LogP contribution in [0.15, 0.2) is 47.1 Å². The van der Waals surface area contributed by atoms with Crippen molar-refractivity contribution in [3.63, 3.8) is 0 Å². The molecule has 2 aromatic heterocycles. The molecule has 1 unspecified atom stereocenters. The maximum absolute atomic E-state index is 5.62. The minimum Gasteiger partial charge on any atom is -0.468 e. The molecule has 116 valence electrons. The van der Waals surface area contributed by atoms with Gasteiger partial charge in [-0.15, -0.1) is 0 Å². The number of rotatable bonds is 7. The maximum Gasteiger partial charge on any atom is 0.201 e. The van der Waals surface area contributed by atoms with Gasteiger partial charge in [0.05, 0.1) is 23.3 Å². The number of imidazole rings is 1. The van der Waals surface area contributed by atoms with E-state index in [2.05, 4.69) is 34.0 Å². The third-order valence-electron chi connectivity index (χ3n) is 3.98. The summed E-state index contributed by atoms with van der Waals surface area (Å²) in [7, 11) is 0. The van der Waals surface area contributed by atoms with Gasteiger partial charge < -0.3 is 14.7 Å². The molecule has 3 aromatic rings. The number of hydrogen-bond acceptors (Lipinski definition) is 4. The van der Waals surface area contributed by atoms with Gasteiger partial charge in [-0.2, -0.15) is 0 Å². The molecule has 0 saturated heterocycles. The number of nitrogens with one attached hydrogen (secondary N) is 2. The van der Waals surface area contributed by atoms with Crippen molar-refractivity contribution in [3.05, 3.63) is 48.4 Å². The van der Waals surface area contributed by atoms with Crippen molar-refractivity contribution >= 4 is 17.0 Å². The van der Waals surface area contributed by atoms with E-state index in [1.165, 1.54) is 0 Å². The first-order valence-electron chi connectivity index (χ1n) is 7.78. The lowest BCUT2D eigenvalue weighted by molar-refractivity contribution is 0.201. The van der Waals surface area contributed by atoms with Crippen LogP contribution in [0.2, 0.25) is 0 Å². The first-order valence-corrected chi connectivity index (χ1v) is 7.78. The molecule has 2 heterocycles. The van der Waals surface area contributed by atoms with Gasteiger partial charge in [0, 0.05) is 6.54 Å². The van der Waals surface area contributed by atoms with Gasteiger partial charge in [-0.3, -0.25) is 4.90 Å². The number of furan rings is 1. The van der Waals surface area contributed by atoms with Crippen LogP contribution in [0.1, 0.15) is 25.6 Å². The number of aromatic amines is 1. The highest BCUT2D eigenvalue weighted by atomic mass is 16.3. The van der Waals surface area contributed by atoms with Crippen molar-refractivity contribution in [1.82, 2.24) is 14.9 Å². The zero-order valence-electron chi connectivity index (χ0n) is 13.0. The van der Waals surface area contributed by atoms with Gasteiger partial charge in [0.1, 0.15) is 5.76 Å². The van der Waals surface area contributed by atoms with Gasteiger partial charge in [0.15, 0.2) is 0 Å². The molecular formula is C17H22N4O. The van der Waals surface area contributed by atoms with Gasteiger partial charge >= 0.3 is 0 Å². The van der Waals surface area contributed by atoms with Crippen LogP contribution in [0.5, 0.6) is 0 Å². The molecule has 0 aliphatic rings. The highest BCUT2D eigenvalue weighted by Gasteiger charge is 2.20. The van der Waals surface area contributed by atoms with E-state index in [4.69, 9.17) is 4.42 Å². The molecule has 0 aliphatic carbocycles. The molecule has 0 amide bonds. The third kappa shape index (κ3) is 2.99. The van der Waals surface area contributed by atoms with Gasteiger partial charge in [-0.05, 0) is 37.4 Å². The van der Waals surface area contributed by atoms with Gasteiger partial charge in [-0.1, -0.05) is 26.0 Å². The fourth-order valence-electron chi connectivity index (χ4n) is 2.78. The van der Waals surface area contributed by atoms with Crippen LogP contribution in [-0.2, 0) is 0 Å². The largest absolute Gasteiger partial charge is 0.468 e. The van der Waals surface area contributed by atoms with Crippen LogP contribution >= 0.6 is 0 Å². The van der Waals surface area contributed by atoms with Gasteiger partial charge in [0.2, 0.25) is 5.95 Å². The quantitative estimate of drug-likeness (QED) is 0.699. The highest BCUT2D eigenvalue weighted by molar-refractivity contribution is 5.77. The van der Waals surface area contributed by atoms with Crippen molar-refractivity contribution in [2.45, 2.75) is 19.9 Å². The fourth-order valence-corrected chi connectivity index (χ4v) is 2.78. The molecule has 22 heavy (non-hydrogen) atoms. The average Bonchev–Trinajstić information content (AvgIpc) is 3.20. The Morgan fingerprint density at radius 1 is 1.18 bits per heavy atom. The Bertz CT molecular complexity index is 667. The SMILES string of the molecule is CCN(CC)C(CNc1nc2ccccc2[nH]1)c1ccco1. The normalized spacial score (nSPS) is 12.9. The zero-order valence-corrected chi connectivity index (χ0v) is 13.0. The smallest absolute Gasteiger partial charge is 0.201 e. The van der Waals surface area contributed by atoms with Crippen LogP contribution < -0.4 is 5.32 Å². The van der Waals surface area contributed by atoms with Crippen LogP contribution in [0.3, 0.4) is 0 Å². The van der Waals surface area contributed by atoms with E-state index in [1.54, 1.807) is 6.26 Å². The molecule has 5 nitrogen and oxygen atoms in total. The maximum atomic E-state index is 5.62. The summed E-state index contributed by atoms with van der Waals surface area (Å²) in [6.45, 7) is 7.03. The number of anilines is 1. The van der Waals surface area contributed by atoms with Crippen LogP contribution in [0.4, 0.5) is 5.95 Å².